The summed E-state index contributed by atoms with van der Waals surface area (Å²) in [6.07, 6.45) is 0. The Morgan fingerprint density at radius 3 is 1.50 bits per heavy atom. The van der Waals surface area contributed by atoms with Gasteiger partial charge in [0.15, 0.2) is 0 Å². The molecule has 0 bridgehead atoms. The topological polar surface area (TPSA) is 74.6 Å². The minimum absolute atomic E-state index is 0.627. The van der Waals surface area contributed by atoms with E-state index in [2.05, 4.69) is 44.5 Å². The number of hydrogen-bond donors (Lipinski definition) is 2. The van der Waals surface area contributed by atoms with Gasteiger partial charge in [0.05, 0.1) is 11.0 Å². The molecule has 2 aromatic heterocycles. The van der Waals surface area contributed by atoms with Crippen molar-refractivity contribution in [2.45, 2.75) is 0 Å². The Hall–Kier alpha value is -3.02. The Bertz CT molecular complexity index is 742. The van der Waals surface area contributed by atoms with Gasteiger partial charge in [-0.25, -0.2) is 9.97 Å². The van der Waals surface area contributed by atoms with Crippen LogP contribution in [-0.4, -0.2) is 23.4 Å². The van der Waals surface area contributed by atoms with Crippen molar-refractivity contribution in [2.24, 2.45) is 10.2 Å². The number of nitrogens with one attached hydrogen (secondary N) is 2. The number of rotatable bonds is 4. The van der Waals surface area contributed by atoms with Gasteiger partial charge in [0.2, 0.25) is 0 Å². The monoisotopic (exact) mass is 264 g/mol. The van der Waals surface area contributed by atoms with Crippen LogP contribution in [0.5, 0.6) is 0 Å². The minimum atomic E-state index is 0.627. The maximum Gasteiger partial charge on any atom is 0.146 e. The summed E-state index contributed by atoms with van der Waals surface area (Å²) < 4.78 is 0. The second-order valence-electron chi connectivity index (χ2n) is 4.14. The van der Waals surface area contributed by atoms with Gasteiger partial charge in [-0.15, -0.1) is 0 Å². The Morgan fingerprint density at radius 2 is 1.10 bits per heavy atom. The van der Waals surface area contributed by atoms with E-state index in [4.69, 9.17) is 0 Å². The van der Waals surface area contributed by atoms with Crippen LogP contribution >= 0.6 is 0 Å². The number of hydrazone groups is 2. The SMILES string of the molecule is C=NNc1ccc2ccc3ccc(NN=C)nc3c2n1. The Labute approximate surface area is 115 Å². The molecular weight excluding hydrogens is 252 g/mol. The summed E-state index contributed by atoms with van der Waals surface area (Å²) in [6, 6.07) is 11.6. The molecule has 1 aromatic carbocycles. The van der Waals surface area contributed by atoms with Crippen LogP contribution in [0.3, 0.4) is 0 Å². The van der Waals surface area contributed by atoms with Crippen molar-refractivity contribution < 1.29 is 0 Å². The van der Waals surface area contributed by atoms with Crippen LogP contribution in [0, 0.1) is 0 Å². The van der Waals surface area contributed by atoms with Gasteiger partial charge in [-0.3, -0.25) is 10.9 Å². The summed E-state index contributed by atoms with van der Waals surface area (Å²) in [5.41, 5.74) is 7.06. The van der Waals surface area contributed by atoms with Crippen LogP contribution < -0.4 is 10.9 Å². The van der Waals surface area contributed by atoms with Crippen molar-refractivity contribution >= 4 is 46.9 Å². The molecule has 2 N–H and O–H groups in total. The average molecular weight is 264 g/mol. The first-order valence-corrected chi connectivity index (χ1v) is 5.96. The Morgan fingerprint density at radius 1 is 0.700 bits per heavy atom. The average Bonchev–Trinajstić information content (AvgIpc) is 2.48. The molecule has 0 spiro atoms. The first-order chi connectivity index (χ1) is 9.81. The van der Waals surface area contributed by atoms with Crippen LogP contribution in [0.25, 0.3) is 21.8 Å². The lowest BCUT2D eigenvalue weighted by Gasteiger charge is -2.06. The molecule has 20 heavy (non-hydrogen) atoms. The number of hydrogen-bond acceptors (Lipinski definition) is 6. The summed E-state index contributed by atoms with van der Waals surface area (Å²) in [5.74, 6) is 1.25. The zero-order chi connectivity index (χ0) is 13.9. The van der Waals surface area contributed by atoms with Gasteiger partial charge in [-0.1, -0.05) is 12.1 Å². The zero-order valence-electron chi connectivity index (χ0n) is 10.7. The van der Waals surface area contributed by atoms with Crippen LogP contribution in [0.4, 0.5) is 11.6 Å². The fraction of sp³-hybridized carbons (Fsp3) is 0. The van der Waals surface area contributed by atoms with Crippen molar-refractivity contribution in [1.29, 1.82) is 0 Å². The molecule has 0 amide bonds. The third-order valence-corrected chi connectivity index (χ3v) is 2.91. The molecule has 0 unspecified atom stereocenters. The van der Waals surface area contributed by atoms with Crippen molar-refractivity contribution in [1.82, 2.24) is 9.97 Å². The molecule has 0 saturated heterocycles. The first-order valence-electron chi connectivity index (χ1n) is 5.96. The summed E-state index contributed by atoms with van der Waals surface area (Å²) in [6.45, 7) is 6.78. The predicted molar refractivity (Wildman–Crippen MR) is 83.4 cm³/mol. The van der Waals surface area contributed by atoms with Crippen molar-refractivity contribution in [3.05, 3.63) is 36.4 Å². The highest BCUT2D eigenvalue weighted by atomic mass is 15.3. The van der Waals surface area contributed by atoms with Gasteiger partial charge < -0.3 is 0 Å². The summed E-state index contributed by atoms with van der Waals surface area (Å²) >= 11 is 0. The zero-order valence-corrected chi connectivity index (χ0v) is 10.7. The summed E-state index contributed by atoms with van der Waals surface area (Å²) in [7, 11) is 0. The molecule has 6 nitrogen and oxygen atoms in total. The molecule has 3 aromatic rings. The van der Waals surface area contributed by atoms with E-state index in [9.17, 15) is 0 Å². The number of benzene rings is 1. The van der Waals surface area contributed by atoms with E-state index < -0.39 is 0 Å². The van der Waals surface area contributed by atoms with E-state index in [-0.39, 0.29) is 0 Å². The Balaban J connectivity index is 2.29. The third-order valence-electron chi connectivity index (χ3n) is 2.91. The molecular formula is C14H12N6. The molecule has 0 fully saturated rings. The van der Waals surface area contributed by atoms with E-state index >= 15 is 0 Å². The third kappa shape index (κ3) is 2.03. The van der Waals surface area contributed by atoms with Crippen LogP contribution in [0.2, 0.25) is 0 Å². The maximum atomic E-state index is 4.51. The second-order valence-corrected chi connectivity index (χ2v) is 4.14. The number of fused-ring (bicyclic) bond motifs is 3. The fourth-order valence-electron chi connectivity index (χ4n) is 2.05. The van der Waals surface area contributed by atoms with E-state index in [0.717, 1.165) is 21.8 Å². The van der Waals surface area contributed by atoms with Gasteiger partial charge >= 0.3 is 0 Å². The van der Waals surface area contributed by atoms with Crippen molar-refractivity contribution in [2.75, 3.05) is 10.9 Å². The van der Waals surface area contributed by atoms with E-state index in [1.54, 1.807) is 0 Å². The molecule has 98 valence electrons. The van der Waals surface area contributed by atoms with Crippen molar-refractivity contribution in [3.63, 3.8) is 0 Å². The van der Waals surface area contributed by atoms with Crippen molar-refractivity contribution in [3.8, 4) is 0 Å². The second kappa shape index (κ2) is 4.93. The number of pyridine rings is 2. The fourth-order valence-corrected chi connectivity index (χ4v) is 2.05. The van der Waals surface area contributed by atoms with Crippen LogP contribution in [-0.2, 0) is 0 Å². The molecule has 0 aliphatic heterocycles. The van der Waals surface area contributed by atoms with E-state index in [1.807, 2.05) is 36.4 Å². The molecule has 0 atom stereocenters. The molecule has 6 heteroatoms. The lowest BCUT2D eigenvalue weighted by atomic mass is 10.1. The van der Waals surface area contributed by atoms with Crippen LogP contribution in [0.15, 0.2) is 46.6 Å². The number of nitrogens with zero attached hydrogens (tertiary/aromatic N) is 4. The van der Waals surface area contributed by atoms with E-state index in [0.29, 0.717) is 11.6 Å². The molecule has 0 aliphatic rings. The number of anilines is 2. The highest BCUT2D eigenvalue weighted by Crippen LogP contribution is 2.25. The minimum Gasteiger partial charge on any atom is -0.262 e. The number of aromatic nitrogens is 2. The largest absolute Gasteiger partial charge is 0.262 e. The lowest BCUT2D eigenvalue weighted by Crippen LogP contribution is -1.95. The van der Waals surface area contributed by atoms with Gasteiger partial charge in [-0.2, -0.15) is 10.2 Å². The van der Waals surface area contributed by atoms with Gasteiger partial charge in [0.1, 0.15) is 11.6 Å². The quantitative estimate of drug-likeness (QED) is 0.431. The molecule has 3 rings (SSSR count). The highest BCUT2D eigenvalue weighted by molar-refractivity contribution is 6.03. The van der Waals surface area contributed by atoms with Gasteiger partial charge in [0.25, 0.3) is 0 Å². The lowest BCUT2D eigenvalue weighted by molar-refractivity contribution is 1.25. The van der Waals surface area contributed by atoms with Gasteiger partial charge in [0, 0.05) is 24.2 Å². The van der Waals surface area contributed by atoms with E-state index in [1.165, 1.54) is 0 Å². The Kier molecular flexibility index (Phi) is 2.96. The first kappa shape index (κ1) is 12.0. The normalized spacial score (nSPS) is 10.4. The molecule has 0 saturated carbocycles. The maximum absolute atomic E-state index is 4.51. The smallest absolute Gasteiger partial charge is 0.146 e. The molecule has 0 aliphatic carbocycles. The molecule has 0 radical (unpaired) electrons. The summed E-state index contributed by atoms with van der Waals surface area (Å²) in [5, 5.41) is 9.25. The van der Waals surface area contributed by atoms with Gasteiger partial charge in [-0.05, 0) is 24.3 Å². The highest BCUT2D eigenvalue weighted by Gasteiger charge is 2.05. The summed E-state index contributed by atoms with van der Waals surface area (Å²) in [4.78, 5) is 9.03. The molecule has 2 heterocycles. The van der Waals surface area contributed by atoms with Crippen LogP contribution in [0.1, 0.15) is 0 Å². The standard InChI is InChI=1S/C14H12N6/c1-15-19-11-7-5-9-3-4-10-6-8-12(20-16-2)18-14(10)13(9)17-11/h3-8H,1-2H2,(H,17,19)(H,18,20). The predicted octanol–water partition coefficient (Wildman–Crippen LogP) is 2.84.